The molecule has 3 rings (SSSR count). The van der Waals surface area contributed by atoms with E-state index in [-0.39, 0.29) is 17.4 Å². The largest absolute Gasteiger partial charge is 0.464 e. The first-order chi connectivity index (χ1) is 10.1. The fourth-order valence-electron chi connectivity index (χ4n) is 2.07. The van der Waals surface area contributed by atoms with Crippen molar-refractivity contribution in [2.75, 3.05) is 12.8 Å². The number of aromatic nitrogens is 4. The number of benzene rings is 1. The van der Waals surface area contributed by atoms with Gasteiger partial charge in [0.25, 0.3) is 5.78 Å². The summed E-state index contributed by atoms with van der Waals surface area (Å²) in [5, 5.41) is 7.67. The average molecular weight is 283 g/mol. The summed E-state index contributed by atoms with van der Waals surface area (Å²) in [6.07, 6.45) is 0. The van der Waals surface area contributed by atoms with E-state index >= 15 is 0 Å². The van der Waals surface area contributed by atoms with Gasteiger partial charge in [0.15, 0.2) is 5.69 Å². The lowest BCUT2D eigenvalue weighted by Crippen LogP contribution is -2.08. The van der Waals surface area contributed by atoms with Crippen LogP contribution >= 0.6 is 0 Å². The van der Waals surface area contributed by atoms with Crippen molar-refractivity contribution in [3.05, 3.63) is 41.6 Å². The topological polar surface area (TPSA) is 95.4 Å². The van der Waals surface area contributed by atoms with Crippen LogP contribution in [0.3, 0.4) is 0 Å². The Bertz CT molecular complexity index is 823. The number of hydrogen-bond donors (Lipinski definition) is 1. The number of hydrogen-bond acceptors (Lipinski definition) is 6. The molecule has 2 aromatic heterocycles. The number of rotatable bonds is 2. The van der Waals surface area contributed by atoms with Gasteiger partial charge in [-0.25, -0.2) is 14.2 Å². The number of anilines is 1. The summed E-state index contributed by atoms with van der Waals surface area (Å²) in [5.74, 6) is -0.0668. The molecule has 2 heterocycles. The van der Waals surface area contributed by atoms with Crippen LogP contribution in [0.5, 0.6) is 0 Å². The molecule has 0 saturated carbocycles. The molecule has 0 radical (unpaired) electrons. The summed E-state index contributed by atoms with van der Waals surface area (Å²) in [7, 11) is 1.30. The lowest BCUT2D eigenvalue weighted by Gasteiger charge is -2.08. The van der Waals surface area contributed by atoms with Crippen molar-refractivity contribution in [3.8, 4) is 11.3 Å². The number of fused-ring (bicyclic) bond motifs is 1. The van der Waals surface area contributed by atoms with Gasteiger partial charge in [-0.05, 0) is 18.6 Å². The first kappa shape index (κ1) is 13.0. The van der Waals surface area contributed by atoms with Gasteiger partial charge in [-0.2, -0.15) is 0 Å². The highest BCUT2D eigenvalue weighted by Gasteiger charge is 2.16. The van der Waals surface area contributed by atoms with E-state index in [4.69, 9.17) is 10.5 Å². The number of esters is 1. The number of aryl methyl sites for hydroxylation is 1. The molecule has 7 nitrogen and oxygen atoms in total. The monoisotopic (exact) mass is 283 g/mol. The van der Waals surface area contributed by atoms with Gasteiger partial charge in [-0.1, -0.05) is 29.8 Å². The number of nitrogen functional groups attached to an aromatic ring is 1. The number of nitrogens with zero attached hydrogens (tertiary/aromatic N) is 4. The predicted octanol–water partition coefficient (Wildman–Crippen LogP) is 1.47. The number of carbonyl (C=O) groups is 1. The molecule has 2 N–H and O–H groups in total. The molecule has 0 amide bonds. The lowest BCUT2D eigenvalue weighted by atomic mass is 10.1. The molecule has 1 aromatic carbocycles. The Balaban J connectivity index is 2.30. The smallest absolute Gasteiger partial charge is 0.356 e. The van der Waals surface area contributed by atoms with Crippen molar-refractivity contribution in [1.82, 2.24) is 19.6 Å². The van der Waals surface area contributed by atoms with Crippen molar-refractivity contribution in [2.45, 2.75) is 6.92 Å². The Morgan fingerprint density at radius 3 is 2.62 bits per heavy atom. The van der Waals surface area contributed by atoms with Gasteiger partial charge in [0, 0.05) is 0 Å². The third-order valence-electron chi connectivity index (χ3n) is 3.15. The molecule has 106 valence electrons. The minimum absolute atomic E-state index is 0.160. The molecule has 0 aliphatic carbocycles. The molecular weight excluding hydrogens is 270 g/mol. The van der Waals surface area contributed by atoms with Crippen LogP contribution in [0, 0.1) is 6.92 Å². The molecule has 3 aromatic rings. The van der Waals surface area contributed by atoms with Gasteiger partial charge in [0.1, 0.15) is 0 Å². The van der Waals surface area contributed by atoms with Crippen LogP contribution < -0.4 is 5.73 Å². The Hall–Kier alpha value is -2.96. The second-order valence-electron chi connectivity index (χ2n) is 4.58. The van der Waals surface area contributed by atoms with Crippen LogP contribution in [0.1, 0.15) is 16.1 Å². The fraction of sp³-hybridized carbons (Fsp3) is 0.143. The van der Waals surface area contributed by atoms with E-state index in [1.807, 2.05) is 31.2 Å². The van der Waals surface area contributed by atoms with Gasteiger partial charge >= 0.3 is 5.97 Å². The molecule has 0 bridgehead atoms. The first-order valence-electron chi connectivity index (χ1n) is 6.27. The van der Waals surface area contributed by atoms with Crippen molar-refractivity contribution >= 4 is 17.7 Å². The van der Waals surface area contributed by atoms with Crippen LogP contribution in [-0.2, 0) is 4.74 Å². The normalized spacial score (nSPS) is 10.8. The Labute approximate surface area is 120 Å². The maximum atomic E-state index is 11.7. The molecule has 0 atom stereocenters. The van der Waals surface area contributed by atoms with E-state index in [2.05, 4.69) is 15.2 Å². The second-order valence-corrected chi connectivity index (χ2v) is 4.58. The second kappa shape index (κ2) is 4.86. The molecule has 0 saturated heterocycles. The summed E-state index contributed by atoms with van der Waals surface area (Å²) in [6.45, 7) is 2.00. The zero-order valence-electron chi connectivity index (χ0n) is 11.6. The van der Waals surface area contributed by atoms with E-state index in [9.17, 15) is 4.79 Å². The zero-order valence-corrected chi connectivity index (χ0v) is 11.6. The van der Waals surface area contributed by atoms with Gasteiger partial charge in [0.05, 0.1) is 12.8 Å². The highest BCUT2D eigenvalue weighted by molar-refractivity contribution is 5.89. The lowest BCUT2D eigenvalue weighted by molar-refractivity contribution is 0.0594. The van der Waals surface area contributed by atoms with E-state index in [0.29, 0.717) is 5.69 Å². The minimum atomic E-state index is -0.535. The minimum Gasteiger partial charge on any atom is -0.464 e. The van der Waals surface area contributed by atoms with Gasteiger partial charge in [0.2, 0.25) is 5.95 Å². The quantitative estimate of drug-likeness (QED) is 0.715. The molecule has 0 unspecified atom stereocenters. The van der Waals surface area contributed by atoms with Crippen molar-refractivity contribution in [2.24, 2.45) is 0 Å². The van der Waals surface area contributed by atoms with Crippen molar-refractivity contribution < 1.29 is 9.53 Å². The Morgan fingerprint density at radius 2 is 1.95 bits per heavy atom. The summed E-state index contributed by atoms with van der Waals surface area (Å²) in [5.41, 5.74) is 8.69. The number of carbonyl (C=O) groups excluding carboxylic acids is 1. The van der Waals surface area contributed by atoms with Crippen LogP contribution in [0.4, 0.5) is 5.95 Å². The van der Waals surface area contributed by atoms with Gasteiger partial charge in [-0.15, -0.1) is 10.2 Å². The highest BCUT2D eigenvalue weighted by Crippen LogP contribution is 2.23. The number of methoxy groups -OCH3 is 1. The molecule has 0 spiro atoms. The maximum absolute atomic E-state index is 11.7. The Kier molecular flexibility index (Phi) is 3.02. The Morgan fingerprint density at radius 1 is 1.24 bits per heavy atom. The SMILES string of the molecule is COC(=O)c1cc(-c2ccc(C)cc2)n2c(N)nnc2n1. The first-order valence-corrected chi connectivity index (χ1v) is 6.27. The van der Waals surface area contributed by atoms with E-state index in [0.717, 1.165) is 11.1 Å². The fourth-order valence-corrected chi connectivity index (χ4v) is 2.07. The van der Waals surface area contributed by atoms with E-state index in [1.54, 1.807) is 10.5 Å². The number of ether oxygens (including phenoxy) is 1. The molecule has 21 heavy (non-hydrogen) atoms. The van der Waals surface area contributed by atoms with E-state index in [1.165, 1.54) is 7.11 Å². The summed E-state index contributed by atoms with van der Waals surface area (Å²) in [6, 6.07) is 9.43. The summed E-state index contributed by atoms with van der Waals surface area (Å²) in [4.78, 5) is 15.8. The molecule has 0 aliphatic heterocycles. The predicted molar refractivity (Wildman–Crippen MR) is 76.7 cm³/mol. The molecular formula is C14H13N5O2. The number of nitrogens with two attached hydrogens (primary N) is 1. The average Bonchev–Trinajstić information content (AvgIpc) is 2.88. The molecule has 0 aliphatic rings. The highest BCUT2D eigenvalue weighted by atomic mass is 16.5. The van der Waals surface area contributed by atoms with Crippen LogP contribution in [0.25, 0.3) is 17.0 Å². The maximum Gasteiger partial charge on any atom is 0.356 e. The van der Waals surface area contributed by atoms with Gasteiger partial charge < -0.3 is 10.5 Å². The van der Waals surface area contributed by atoms with Crippen LogP contribution in [-0.4, -0.2) is 32.7 Å². The zero-order chi connectivity index (χ0) is 15.0. The van der Waals surface area contributed by atoms with Gasteiger partial charge in [-0.3, -0.25) is 0 Å². The van der Waals surface area contributed by atoms with E-state index < -0.39 is 5.97 Å². The van der Waals surface area contributed by atoms with Crippen LogP contribution in [0.2, 0.25) is 0 Å². The molecule has 0 fully saturated rings. The molecule has 7 heteroatoms. The summed E-state index contributed by atoms with van der Waals surface area (Å²) < 4.78 is 6.31. The standard InChI is InChI=1S/C14H13N5O2/c1-8-3-5-9(6-4-8)11-7-10(12(20)21-2)16-14-18-17-13(15)19(11)14/h3-7H,1-2H3,(H2,15,17). The van der Waals surface area contributed by atoms with Crippen LogP contribution in [0.15, 0.2) is 30.3 Å². The third-order valence-corrected chi connectivity index (χ3v) is 3.15. The summed E-state index contributed by atoms with van der Waals surface area (Å²) >= 11 is 0. The van der Waals surface area contributed by atoms with Crippen molar-refractivity contribution in [1.29, 1.82) is 0 Å². The van der Waals surface area contributed by atoms with Crippen molar-refractivity contribution in [3.63, 3.8) is 0 Å². The third kappa shape index (κ3) is 2.18.